The summed E-state index contributed by atoms with van der Waals surface area (Å²) in [5.41, 5.74) is 3.23. The zero-order valence-corrected chi connectivity index (χ0v) is 13.6. The molecular weight excluding hydrogens is 286 g/mol. The average molecular weight is 307 g/mol. The van der Waals surface area contributed by atoms with Crippen LogP contribution in [0.3, 0.4) is 0 Å². The van der Waals surface area contributed by atoms with E-state index in [0.717, 1.165) is 30.9 Å². The molecule has 1 fully saturated rings. The molecule has 1 aliphatic carbocycles. The molecule has 2 heterocycles. The number of benzene rings is 1. The zero-order valence-electron chi connectivity index (χ0n) is 13.6. The van der Waals surface area contributed by atoms with E-state index < -0.39 is 0 Å². The fourth-order valence-electron chi connectivity index (χ4n) is 3.80. The number of hydrogen-bond acceptors (Lipinski definition) is 3. The normalized spacial score (nSPS) is 22.3. The first-order valence-electron chi connectivity index (χ1n) is 8.33. The number of fused-ring (bicyclic) bond motifs is 3. The Kier molecular flexibility index (Phi) is 3.40. The van der Waals surface area contributed by atoms with E-state index in [0.29, 0.717) is 17.8 Å². The average Bonchev–Trinajstić information content (AvgIpc) is 3.12. The number of carbonyl (C=O) groups excluding carboxylic acids is 1. The monoisotopic (exact) mass is 307 g/mol. The number of nitrogens with zero attached hydrogens (tertiary/aromatic N) is 3. The molecule has 1 aromatic heterocycles. The molecule has 4 rings (SSSR count). The molecule has 4 nitrogen and oxygen atoms in total. The van der Waals surface area contributed by atoms with Crippen LogP contribution in [0.4, 0.5) is 0 Å². The highest BCUT2D eigenvalue weighted by Gasteiger charge is 2.42. The molecule has 23 heavy (non-hydrogen) atoms. The zero-order chi connectivity index (χ0) is 16.0. The van der Waals surface area contributed by atoms with E-state index in [2.05, 4.69) is 18.8 Å². The van der Waals surface area contributed by atoms with Crippen molar-refractivity contribution in [1.29, 1.82) is 0 Å². The molecule has 1 aliphatic heterocycles. The van der Waals surface area contributed by atoms with Crippen molar-refractivity contribution in [3.63, 3.8) is 0 Å². The molecule has 1 saturated heterocycles. The van der Waals surface area contributed by atoms with E-state index >= 15 is 0 Å². The lowest BCUT2D eigenvalue weighted by molar-refractivity contribution is 0.0785. The smallest absolute Gasteiger partial charge is 0.253 e. The minimum Gasteiger partial charge on any atom is -0.338 e. The molecule has 2 atom stereocenters. The van der Waals surface area contributed by atoms with Gasteiger partial charge in [-0.3, -0.25) is 4.79 Å². The van der Waals surface area contributed by atoms with Crippen LogP contribution in [0.5, 0.6) is 0 Å². The largest absolute Gasteiger partial charge is 0.338 e. The van der Waals surface area contributed by atoms with Gasteiger partial charge in [0.2, 0.25) is 0 Å². The first kappa shape index (κ1) is 14.4. The van der Waals surface area contributed by atoms with Crippen LogP contribution in [-0.4, -0.2) is 33.9 Å². The highest BCUT2D eigenvalue weighted by Crippen LogP contribution is 2.42. The van der Waals surface area contributed by atoms with Crippen molar-refractivity contribution in [1.82, 2.24) is 14.9 Å². The molecule has 2 aliphatic rings. The van der Waals surface area contributed by atoms with Crippen molar-refractivity contribution in [2.75, 3.05) is 13.1 Å². The summed E-state index contributed by atoms with van der Waals surface area (Å²) in [6, 6.07) is 9.56. The number of hydrogen-bond donors (Lipinski definition) is 0. The van der Waals surface area contributed by atoms with Gasteiger partial charge in [-0.25, -0.2) is 9.97 Å². The van der Waals surface area contributed by atoms with Gasteiger partial charge in [0.05, 0.1) is 0 Å². The van der Waals surface area contributed by atoms with Gasteiger partial charge >= 0.3 is 0 Å². The van der Waals surface area contributed by atoms with E-state index in [-0.39, 0.29) is 5.91 Å². The highest BCUT2D eigenvalue weighted by atomic mass is 16.2. The van der Waals surface area contributed by atoms with E-state index in [1.165, 1.54) is 11.3 Å². The third-order valence-electron chi connectivity index (χ3n) is 5.04. The van der Waals surface area contributed by atoms with Crippen molar-refractivity contribution >= 4 is 5.91 Å². The van der Waals surface area contributed by atoms with Crippen LogP contribution in [-0.2, 0) is 6.42 Å². The van der Waals surface area contributed by atoms with Crippen molar-refractivity contribution in [3.05, 3.63) is 59.2 Å². The van der Waals surface area contributed by atoms with Gasteiger partial charge < -0.3 is 4.90 Å². The Bertz CT molecular complexity index is 742. The summed E-state index contributed by atoms with van der Waals surface area (Å²) in [7, 11) is 0. The second-order valence-electron chi connectivity index (χ2n) is 6.93. The van der Waals surface area contributed by atoms with Crippen LogP contribution < -0.4 is 0 Å². The molecule has 0 spiro atoms. The topological polar surface area (TPSA) is 46.1 Å². The SMILES string of the molecule is CC(C)c1ncc2c(n1)C[C@H]1CN(C(=O)c3ccccc3)C[C@@H]21. The summed E-state index contributed by atoms with van der Waals surface area (Å²) in [6.45, 7) is 5.86. The second-order valence-corrected chi connectivity index (χ2v) is 6.93. The van der Waals surface area contributed by atoms with Gasteiger partial charge in [0, 0.05) is 42.4 Å². The predicted octanol–water partition coefficient (Wildman–Crippen LogP) is 3.01. The van der Waals surface area contributed by atoms with Crippen molar-refractivity contribution in [2.45, 2.75) is 32.1 Å². The Morgan fingerprint density at radius 1 is 1.22 bits per heavy atom. The van der Waals surface area contributed by atoms with Crippen LogP contribution in [0, 0.1) is 5.92 Å². The number of rotatable bonds is 2. The van der Waals surface area contributed by atoms with Crippen LogP contribution in [0.1, 0.15) is 53.1 Å². The van der Waals surface area contributed by atoms with Gasteiger partial charge in [-0.1, -0.05) is 32.0 Å². The van der Waals surface area contributed by atoms with Crippen molar-refractivity contribution < 1.29 is 4.79 Å². The molecule has 1 amide bonds. The molecule has 2 aromatic rings. The molecule has 4 heteroatoms. The molecular formula is C19H21N3O. The molecule has 0 N–H and O–H groups in total. The lowest BCUT2D eigenvalue weighted by atomic mass is 9.97. The summed E-state index contributed by atoms with van der Waals surface area (Å²) in [5.74, 6) is 2.33. The maximum absolute atomic E-state index is 12.6. The van der Waals surface area contributed by atoms with Gasteiger partial charge in [0.25, 0.3) is 5.91 Å². The Morgan fingerprint density at radius 3 is 2.74 bits per heavy atom. The number of amides is 1. The van der Waals surface area contributed by atoms with Crippen molar-refractivity contribution in [2.24, 2.45) is 5.92 Å². The van der Waals surface area contributed by atoms with Crippen LogP contribution in [0.2, 0.25) is 0 Å². The minimum absolute atomic E-state index is 0.140. The fourth-order valence-corrected chi connectivity index (χ4v) is 3.80. The molecule has 0 radical (unpaired) electrons. The maximum atomic E-state index is 12.6. The molecule has 118 valence electrons. The fraction of sp³-hybridized carbons (Fsp3) is 0.421. The van der Waals surface area contributed by atoms with Gasteiger partial charge in [-0.05, 0) is 30.0 Å². The molecule has 0 unspecified atom stereocenters. The quantitative estimate of drug-likeness (QED) is 0.857. The van der Waals surface area contributed by atoms with Gasteiger partial charge in [-0.15, -0.1) is 0 Å². The lowest BCUT2D eigenvalue weighted by Gasteiger charge is -2.18. The van der Waals surface area contributed by atoms with Gasteiger partial charge in [-0.2, -0.15) is 0 Å². The van der Waals surface area contributed by atoms with Gasteiger partial charge in [0.15, 0.2) is 0 Å². The third kappa shape index (κ3) is 2.42. The predicted molar refractivity (Wildman–Crippen MR) is 88.4 cm³/mol. The lowest BCUT2D eigenvalue weighted by Crippen LogP contribution is -2.29. The Hall–Kier alpha value is -2.23. The molecule has 1 aromatic carbocycles. The minimum atomic E-state index is 0.140. The van der Waals surface area contributed by atoms with Crippen LogP contribution >= 0.6 is 0 Å². The van der Waals surface area contributed by atoms with E-state index in [9.17, 15) is 4.79 Å². The van der Waals surface area contributed by atoms with E-state index in [1.807, 2.05) is 41.4 Å². The first-order valence-corrected chi connectivity index (χ1v) is 8.33. The summed E-state index contributed by atoms with van der Waals surface area (Å²) >= 11 is 0. The van der Waals surface area contributed by atoms with Gasteiger partial charge in [0.1, 0.15) is 5.82 Å². The molecule has 0 saturated carbocycles. The Morgan fingerprint density at radius 2 is 2.00 bits per heavy atom. The maximum Gasteiger partial charge on any atom is 0.253 e. The van der Waals surface area contributed by atoms with E-state index in [4.69, 9.17) is 4.98 Å². The standard InChI is InChI=1S/C19H21N3O/c1-12(2)18-20-9-15-16-11-22(10-14(16)8-17(15)21-18)19(23)13-6-4-3-5-7-13/h3-7,9,12,14,16H,8,10-11H2,1-2H3/t14-,16+/m0/s1. The Labute approximate surface area is 136 Å². The number of carbonyl (C=O) groups is 1. The second kappa shape index (κ2) is 5.44. The number of likely N-dealkylation sites (tertiary alicyclic amines) is 1. The summed E-state index contributed by atoms with van der Waals surface area (Å²) in [5, 5.41) is 0. The molecule has 0 bridgehead atoms. The van der Waals surface area contributed by atoms with Crippen LogP contribution in [0.15, 0.2) is 36.5 Å². The highest BCUT2D eigenvalue weighted by molar-refractivity contribution is 5.94. The van der Waals surface area contributed by atoms with E-state index in [1.54, 1.807) is 0 Å². The third-order valence-corrected chi connectivity index (χ3v) is 5.04. The summed E-state index contributed by atoms with van der Waals surface area (Å²) in [4.78, 5) is 23.9. The summed E-state index contributed by atoms with van der Waals surface area (Å²) < 4.78 is 0. The van der Waals surface area contributed by atoms with Crippen molar-refractivity contribution in [3.8, 4) is 0 Å². The number of aromatic nitrogens is 2. The summed E-state index contributed by atoms with van der Waals surface area (Å²) in [6.07, 6.45) is 2.97. The van der Waals surface area contributed by atoms with Crippen LogP contribution in [0.25, 0.3) is 0 Å². The Balaban J connectivity index is 1.55. The first-order chi connectivity index (χ1) is 11.1.